The van der Waals surface area contributed by atoms with Crippen molar-refractivity contribution in [2.24, 2.45) is 0 Å². The predicted octanol–water partition coefficient (Wildman–Crippen LogP) is 4.50. The highest BCUT2D eigenvalue weighted by molar-refractivity contribution is 6.51. The number of aliphatic hydroxyl groups excluding tert-OH is 1. The van der Waals surface area contributed by atoms with Crippen LogP contribution < -0.4 is 9.64 Å². The molecule has 1 atom stereocenters. The first-order chi connectivity index (χ1) is 15.0. The number of carbonyl (C=O) groups is 2. The van der Waals surface area contributed by atoms with E-state index in [1.807, 2.05) is 19.9 Å². The van der Waals surface area contributed by atoms with Crippen molar-refractivity contribution in [1.82, 2.24) is 4.98 Å². The first kappa shape index (κ1) is 20.3. The van der Waals surface area contributed by atoms with Crippen LogP contribution in [0.15, 0.2) is 84.7 Å². The van der Waals surface area contributed by atoms with E-state index in [9.17, 15) is 14.7 Å². The zero-order chi connectivity index (χ0) is 22.0. The lowest BCUT2D eigenvalue weighted by Gasteiger charge is -2.25. The first-order valence-corrected chi connectivity index (χ1v) is 10.0. The van der Waals surface area contributed by atoms with Crippen molar-refractivity contribution in [3.8, 4) is 5.75 Å². The smallest absolute Gasteiger partial charge is 0.300 e. The molecule has 3 aromatic rings. The molecule has 2 aromatic carbocycles. The number of Topliss-reactive ketones (excluding diaryl/α,β-unsaturated/α-hetero) is 1. The van der Waals surface area contributed by atoms with Crippen molar-refractivity contribution in [2.75, 3.05) is 4.90 Å². The second kappa shape index (κ2) is 8.44. The Balaban J connectivity index is 1.84. The molecule has 1 N–H and O–H groups in total. The fraction of sp³-hybridized carbons (Fsp3) is 0.160. The number of pyridine rings is 1. The molecule has 2 heterocycles. The molecular formula is C25H22N2O4. The molecule has 6 nitrogen and oxygen atoms in total. The molecule has 1 unspecified atom stereocenters. The molecule has 0 radical (unpaired) electrons. The van der Waals surface area contributed by atoms with Gasteiger partial charge in [0.25, 0.3) is 11.7 Å². The number of rotatable bonds is 5. The summed E-state index contributed by atoms with van der Waals surface area (Å²) in [5, 5.41) is 11.1. The average molecular weight is 414 g/mol. The van der Waals surface area contributed by atoms with Gasteiger partial charge in [-0.3, -0.25) is 19.5 Å². The average Bonchev–Trinajstić information content (AvgIpc) is 3.05. The van der Waals surface area contributed by atoms with Gasteiger partial charge in [-0.05, 0) is 67.9 Å². The molecule has 0 bridgehead atoms. The van der Waals surface area contributed by atoms with E-state index in [1.165, 1.54) is 4.90 Å². The molecule has 6 heteroatoms. The Bertz CT molecular complexity index is 1120. The first-order valence-electron chi connectivity index (χ1n) is 10.0. The van der Waals surface area contributed by atoms with E-state index in [4.69, 9.17) is 4.74 Å². The Morgan fingerprint density at radius 1 is 0.968 bits per heavy atom. The molecule has 1 aromatic heterocycles. The van der Waals surface area contributed by atoms with Crippen LogP contribution in [0.3, 0.4) is 0 Å². The Labute approximate surface area is 180 Å². The number of anilines is 1. The van der Waals surface area contributed by atoms with Crippen molar-refractivity contribution in [1.29, 1.82) is 0 Å². The third-order valence-electron chi connectivity index (χ3n) is 5.00. The van der Waals surface area contributed by atoms with Crippen molar-refractivity contribution in [2.45, 2.75) is 26.0 Å². The van der Waals surface area contributed by atoms with Crippen molar-refractivity contribution in [3.63, 3.8) is 0 Å². The van der Waals surface area contributed by atoms with Gasteiger partial charge in [-0.2, -0.15) is 0 Å². The molecule has 4 rings (SSSR count). The van der Waals surface area contributed by atoms with E-state index in [0.717, 1.165) is 0 Å². The van der Waals surface area contributed by atoms with E-state index in [-0.39, 0.29) is 17.4 Å². The molecule has 0 saturated carbocycles. The monoisotopic (exact) mass is 414 g/mol. The molecule has 1 amide bonds. The van der Waals surface area contributed by atoms with Gasteiger partial charge in [-0.1, -0.05) is 18.2 Å². The molecule has 1 aliphatic heterocycles. The number of para-hydroxylation sites is 1. The summed E-state index contributed by atoms with van der Waals surface area (Å²) in [5.74, 6) is -0.989. The van der Waals surface area contributed by atoms with Gasteiger partial charge in [-0.15, -0.1) is 0 Å². The molecule has 31 heavy (non-hydrogen) atoms. The summed E-state index contributed by atoms with van der Waals surface area (Å²) >= 11 is 0. The van der Waals surface area contributed by atoms with Gasteiger partial charge in [0, 0.05) is 23.6 Å². The van der Waals surface area contributed by atoms with E-state index < -0.39 is 17.7 Å². The highest BCUT2D eigenvalue weighted by atomic mass is 16.5. The van der Waals surface area contributed by atoms with Crippen LogP contribution in [-0.4, -0.2) is 27.9 Å². The standard InChI is InChI=1S/C25H22N2O4/c1-16(2)31-20-10-8-18(9-11-20)23(28)21-22(17-12-14-26-15-13-17)27(25(30)24(21)29)19-6-4-3-5-7-19/h3-16,22,28H,1-2H3/b23-21-. The number of carbonyl (C=O) groups excluding carboxylic acids is 2. The summed E-state index contributed by atoms with van der Waals surface area (Å²) < 4.78 is 5.64. The minimum Gasteiger partial charge on any atom is -0.507 e. The lowest BCUT2D eigenvalue weighted by atomic mass is 9.95. The van der Waals surface area contributed by atoms with Crippen LogP contribution in [0.25, 0.3) is 5.76 Å². The molecule has 0 aliphatic carbocycles. The van der Waals surface area contributed by atoms with Crippen LogP contribution in [0.2, 0.25) is 0 Å². The van der Waals surface area contributed by atoms with E-state index in [1.54, 1.807) is 73.1 Å². The number of hydrogen-bond donors (Lipinski definition) is 1. The van der Waals surface area contributed by atoms with Gasteiger partial charge in [0.05, 0.1) is 17.7 Å². The maximum Gasteiger partial charge on any atom is 0.300 e. The Morgan fingerprint density at radius 3 is 2.23 bits per heavy atom. The molecule has 0 spiro atoms. The number of aliphatic hydroxyl groups is 1. The Hall–Kier alpha value is -3.93. The maximum atomic E-state index is 13.1. The third-order valence-corrected chi connectivity index (χ3v) is 5.00. The van der Waals surface area contributed by atoms with Crippen molar-refractivity contribution in [3.05, 3.63) is 95.8 Å². The number of hydrogen-bond acceptors (Lipinski definition) is 5. The van der Waals surface area contributed by atoms with Crippen LogP contribution in [-0.2, 0) is 9.59 Å². The highest BCUT2D eigenvalue weighted by Crippen LogP contribution is 2.41. The molecule has 1 fully saturated rings. The van der Waals surface area contributed by atoms with Crippen LogP contribution in [0.4, 0.5) is 5.69 Å². The number of benzene rings is 2. The van der Waals surface area contributed by atoms with Gasteiger partial charge < -0.3 is 9.84 Å². The third kappa shape index (κ3) is 3.92. The molecule has 156 valence electrons. The summed E-state index contributed by atoms with van der Waals surface area (Å²) in [5.41, 5.74) is 1.73. The molecular weight excluding hydrogens is 392 g/mol. The number of nitrogens with zero attached hydrogens (tertiary/aromatic N) is 2. The van der Waals surface area contributed by atoms with E-state index >= 15 is 0 Å². The number of amides is 1. The number of ketones is 1. The van der Waals surface area contributed by atoms with Crippen molar-refractivity contribution >= 4 is 23.1 Å². The van der Waals surface area contributed by atoms with E-state index in [0.29, 0.717) is 22.6 Å². The Kier molecular flexibility index (Phi) is 5.54. The number of aromatic nitrogens is 1. The molecule has 1 aliphatic rings. The predicted molar refractivity (Wildman–Crippen MR) is 118 cm³/mol. The van der Waals surface area contributed by atoms with Crippen LogP contribution in [0.1, 0.15) is 31.0 Å². The summed E-state index contributed by atoms with van der Waals surface area (Å²) in [6.07, 6.45) is 3.21. The van der Waals surface area contributed by atoms with Gasteiger partial charge in [-0.25, -0.2) is 0 Å². The largest absolute Gasteiger partial charge is 0.507 e. The lowest BCUT2D eigenvalue weighted by Crippen LogP contribution is -2.29. The topological polar surface area (TPSA) is 79.7 Å². The highest BCUT2D eigenvalue weighted by Gasteiger charge is 2.46. The van der Waals surface area contributed by atoms with Crippen LogP contribution in [0.5, 0.6) is 5.75 Å². The van der Waals surface area contributed by atoms with Gasteiger partial charge >= 0.3 is 0 Å². The minimum atomic E-state index is -0.767. The van der Waals surface area contributed by atoms with Crippen LogP contribution in [0, 0.1) is 0 Å². The summed E-state index contributed by atoms with van der Waals surface area (Å²) in [6, 6.07) is 18.5. The summed E-state index contributed by atoms with van der Waals surface area (Å²) in [4.78, 5) is 31.5. The normalized spacial score (nSPS) is 17.9. The second-order valence-corrected chi connectivity index (χ2v) is 7.48. The second-order valence-electron chi connectivity index (χ2n) is 7.48. The van der Waals surface area contributed by atoms with E-state index in [2.05, 4.69) is 4.98 Å². The lowest BCUT2D eigenvalue weighted by molar-refractivity contribution is -0.132. The van der Waals surface area contributed by atoms with Crippen LogP contribution >= 0.6 is 0 Å². The zero-order valence-corrected chi connectivity index (χ0v) is 17.2. The van der Waals surface area contributed by atoms with Gasteiger partial charge in [0.2, 0.25) is 0 Å². The fourth-order valence-corrected chi connectivity index (χ4v) is 3.67. The van der Waals surface area contributed by atoms with Gasteiger partial charge in [0.15, 0.2) is 0 Å². The zero-order valence-electron chi connectivity index (χ0n) is 17.2. The summed E-state index contributed by atoms with van der Waals surface area (Å²) in [7, 11) is 0. The quantitative estimate of drug-likeness (QED) is 0.378. The van der Waals surface area contributed by atoms with Crippen molar-refractivity contribution < 1.29 is 19.4 Å². The minimum absolute atomic E-state index is 0.0161. The SMILES string of the molecule is CC(C)Oc1ccc(/C(O)=C2/C(=O)C(=O)N(c3ccccc3)C2c2ccncc2)cc1. The van der Waals surface area contributed by atoms with Gasteiger partial charge in [0.1, 0.15) is 11.5 Å². The fourth-order valence-electron chi connectivity index (χ4n) is 3.67. The summed E-state index contributed by atoms with van der Waals surface area (Å²) in [6.45, 7) is 3.85. The maximum absolute atomic E-state index is 13.1. The number of ether oxygens (including phenoxy) is 1. The Morgan fingerprint density at radius 2 is 1.61 bits per heavy atom. The molecule has 1 saturated heterocycles.